The smallest absolute Gasteiger partial charge is 0.249 e. The number of likely N-dealkylation sites (tertiary alicyclic amines) is 2. The van der Waals surface area contributed by atoms with E-state index in [4.69, 9.17) is 4.74 Å². The molecule has 4 aliphatic rings. The minimum atomic E-state index is -0.0442. The van der Waals surface area contributed by atoms with Crippen LogP contribution in [0.15, 0.2) is 11.6 Å². The van der Waals surface area contributed by atoms with Gasteiger partial charge in [0.1, 0.15) is 0 Å². The third-order valence-corrected chi connectivity index (χ3v) is 6.15. The zero-order valence-corrected chi connectivity index (χ0v) is 14.3. The maximum atomic E-state index is 12.6. The molecule has 0 aromatic heterocycles. The highest BCUT2D eigenvalue weighted by Crippen LogP contribution is 2.38. The van der Waals surface area contributed by atoms with Gasteiger partial charge in [0.2, 0.25) is 5.91 Å². The molecule has 0 aromatic rings. The fourth-order valence-corrected chi connectivity index (χ4v) is 4.89. The second kappa shape index (κ2) is 6.56. The van der Waals surface area contributed by atoms with E-state index in [2.05, 4.69) is 15.9 Å². The van der Waals surface area contributed by atoms with Gasteiger partial charge in [0.05, 0.1) is 18.2 Å². The van der Waals surface area contributed by atoms with Gasteiger partial charge in [0, 0.05) is 18.7 Å². The number of nitrogens with zero attached hydrogens (tertiary/aromatic N) is 2. The van der Waals surface area contributed by atoms with Crippen LogP contribution in [0.2, 0.25) is 0 Å². The van der Waals surface area contributed by atoms with Crippen molar-refractivity contribution in [2.45, 2.75) is 69.5 Å². The molecule has 3 fully saturated rings. The minimum Gasteiger partial charge on any atom is -0.369 e. The molecule has 0 aromatic carbocycles. The number of ether oxygens (including phenoxy) is 1. The summed E-state index contributed by atoms with van der Waals surface area (Å²) < 4.78 is 6.58. The van der Waals surface area contributed by atoms with E-state index in [9.17, 15) is 4.79 Å². The van der Waals surface area contributed by atoms with Gasteiger partial charge in [0.15, 0.2) is 0 Å². The van der Waals surface area contributed by atoms with Crippen LogP contribution >= 0.6 is 0 Å². The van der Waals surface area contributed by atoms with E-state index in [0.717, 1.165) is 57.3 Å². The summed E-state index contributed by atoms with van der Waals surface area (Å²) >= 11 is 0. The van der Waals surface area contributed by atoms with E-state index in [-0.39, 0.29) is 11.5 Å². The van der Waals surface area contributed by atoms with Crippen molar-refractivity contribution in [2.75, 3.05) is 32.7 Å². The Morgan fingerprint density at radius 2 is 2.04 bits per heavy atom. The Kier molecular flexibility index (Phi) is 4.46. The third kappa shape index (κ3) is 3.34. The lowest BCUT2D eigenvalue weighted by molar-refractivity contribution is -0.138. The number of hydrogen-bond donors (Lipinski definition) is 0. The molecule has 2 atom stereocenters. The number of rotatable bonds is 3. The van der Waals surface area contributed by atoms with Crippen LogP contribution in [0.1, 0.15) is 57.8 Å². The van der Waals surface area contributed by atoms with Gasteiger partial charge in [-0.25, -0.2) is 0 Å². The first kappa shape index (κ1) is 15.6. The number of allylic oxidation sites excluding steroid dienone is 1. The molecule has 3 aliphatic heterocycles. The topological polar surface area (TPSA) is 32.8 Å². The van der Waals surface area contributed by atoms with Crippen LogP contribution in [0.25, 0.3) is 0 Å². The molecule has 4 nitrogen and oxygen atoms in total. The molecule has 0 saturated carbocycles. The monoisotopic (exact) mass is 318 g/mol. The second-order valence-electron chi connectivity index (χ2n) is 7.92. The Morgan fingerprint density at radius 1 is 1.17 bits per heavy atom. The van der Waals surface area contributed by atoms with Crippen molar-refractivity contribution in [1.82, 2.24) is 9.80 Å². The lowest BCUT2D eigenvalue weighted by Crippen LogP contribution is -2.47. The quantitative estimate of drug-likeness (QED) is 0.802. The maximum Gasteiger partial charge on any atom is 0.249 e. The van der Waals surface area contributed by atoms with Crippen molar-refractivity contribution in [3.63, 3.8) is 0 Å². The van der Waals surface area contributed by atoms with Crippen molar-refractivity contribution in [3.05, 3.63) is 11.6 Å². The highest BCUT2D eigenvalue weighted by molar-refractivity contribution is 5.94. The summed E-state index contributed by atoms with van der Waals surface area (Å²) in [5.74, 6) is 0.282. The number of amides is 1. The number of carbonyl (C=O) groups is 1. The van der Waals surface area contributed by atoms with Crippen molar-refractivity contribution in [2.24, 2.45) is 0 Å². The van der Waals surface area contributed by atoms with E-state index in [1.165, 1.54) is 38.8 Å². The molecular weight excluding hydrogens is 288 g/mol. The zero-order valence-electron chi connectivity index (χ0n) is 14.3. The standard InChI is InChI=1S/C19H30N2O2/c22-18(16-6-1-2-7-16)21-13-10-19(15-21)9-5-8-17(23-19)14-20-11-3-4-12-20/h6,17H,1-5,7-15H2/t17-,19+/m1/s1. The normalized spacial score (nSPS) is 35.2. The lowest BCUT2D eigenvalue weighted by atomic mass is 9.90. The van der Waals surface area contributed by atoms with Gasteiger partial charge in [-0.05, 0) is 70.9 Å². The molecule has 1 aliphatic carbocycles. The average molecular weight is 318 g/mol. The maximum absolute atomic E-state index is 12.6. The van der Waals surface area contributed by atoms with Gasteiger partial charge >= 0.3 is 0 Å². The Balaban J connectivity index is 1.35. The Bertz CT molecular complexity index is 484. The summed E-state index contributed by atoms with van der Waals surface area (Å²) in [6, 6.07) is 0. The largest absolute Gasteiger partial charge is 0.369 e. The van der Waals surface area contributed by atoms with Gasteiger partial charge in [-0.2, -0.15) is 0 Å². The van der Waals surface area contributed by atoms with Crippen molar-refractivity contribution in [1.29, 1.82) is 0 Å². The van der Waals surface area contributed by atoms with Crippen LogP contribution in [-0.4, -0.2) is 60.1 Å². The summed E-state index contributed by atoms with van der Waals surface area (Å²) in [4.78, 5) is 17.3. The number of hydrogen-bond acceptors (Lipinski definition) is 3. The van der Waals surface area contributed by atoms with E-state index in [0.29, 0.717) is 6.10 Å². The van der Waals surface area contributed by atoms with Crippen LogP contribution in [-0.2, 0) is 9.53 Å². The van der Waals surface area contributed by atoms with E-state index >= 15 is 0 Å². The van der Waals surface area contributed by atoms with Gasteiger partial charge < -0.3 is 14.5 Å². The Labute approximate surface area is 139 Å². The molecule has 0 N–H and O–H groups in total. The first-order valence-electron chi connectivity index (χ1n) is 9.63. The molecule has 0 unspecified atom stereocenters. The Morgan fingerprint density at radius 3 is 2.83 bits per heavy atom. The summed E-state index contributed by atoms with van der Waals surface area (Å²) in [5.41, 5.74) is 1.00. The van der Waals surface area contributed by atoms with E-state index in [1.807, 2.05) is 0 Å². The fourth-order valence-electron chi connectivity index (χ4n) is 4.89. The van der Waals surface area contributed by atoms with E-state index in [1.54, 1.807) is 0 Å². The third-order valence-electron chi connectivity index (χ3n) is 6.15. The fraction of sp³-hybridized carbons (Fsp3) is 0.842. The first-order chi connectivity index (χ1) is 11.2. The second-order valence-corrected chi connectivity index (χ2v) is 7.92. The Hall–Kier alpha value is -0.870. The molecule has 3 saturated heterocycles. The predicted octanol–water partition coefficient (Wildman–Crippen LogP) is 2.73. The summed E-state index contributed by atoms with van der Waals surface area (Å²) in [6.45, 7) is 5.28. The number of carbonyl (C=O) groups excluding carboxylic acids is 1. The first-order valence-corrected chi connectivity index (χ1v) is 9.63. The summed E-state index contributed by atoms with van der Waals surface area (Å²) in [5, 5.41) is 0. The lowest BCUT2D eigenvalue weighted by Gasteiger charge is -2.40. The van der Waals surface area contributed by atoms with Crippen LogP contribution in [0.5, 0.6) is 0 Å². The predicted molar refractivity (Wildman–Crippen MR) is 90.3 cm³/mol. The molecule has 0 bridgehead atoms. The van der Waals surface area contributed by atoms with Crippen LogP contribution < -0.4 is 0 Å². The SMILES string of the molecule is O=C(C1=CCCC1)N1CC[C@@]2(CCC[C@H](CN3CCCC3)O2)C1. The molecule has 3 heterocycles. The van der Waals surface area contributed by atoms with Crippen LogP contribution in [0.3, 0.4) is 0 Å². The average Bonchev–Trinajstić information content (AvgIpc) is 3.28. The van der Waals surface area contributed by atoms with E-state index < -0.39 is 0 Å². The molecule has 1 spiro atoms. The highest BCUT2D eigenvalue weighted by Gasteiger charge is 2.45. The van der Waals surface area contributed by atoms with Gasteiger partial charge in [0.25, 0.3) is 0 Å². The zero-order chi connectivity index (χ0) is 15.7. The summed E-state index contributed by atoms with van der Waals surface area (Å²) in [7, 11) is 0. The minimum absolute atomic E-state index is 0.0442. The molecule has 4 rings (SSSR count). The van der Waals surface area contributed by atoms with Crippen molar-refractivity contribution < 1.29 is 9.53 Å². The molecule has 128 valence electrons. The molecular formula is C19H30N2O2. The molecule has 1 amide bonds. The van der Waals surface area contributed by atoms with Crippen molar-refractivity contribution >= 4 is 5.91 Å². The molecule has 23 heavy (non-hydrogen) atoms. The molecule has 0 radical (unpaired) electrons. The van der Waals surface area contributed by atoms with Crippen LogP contribution in [0.4, 0.5) is 0 Å². The highest BCUT2D eigenvalue weighted by atomic mass is 16.5. The van der Waals surface area contributed by atoms with Gasteiger partial charge in [-0.15, -0.1) is 0 Å². The summed E-state index contributed by atoms with van der Waals surface area (Å²) in [6.07, 6.45) is 13.0. The molecule has 4 heteroatoms. The van der Waals surface area contributed by atoms with Crippen molar-refractivity contribution in [3.8, 4) is 0 Å². The van der Waals surface area contributed by atoms with Gasteiger partial charge in [-0.3, -0.25) is 4.79 Å². The van der Waals surface area contributed by atoms with Gasteiger partial charge in [-0.1, -0.05) is 6.08 Å². The van der Waals surface area contributed by atoms with Crippen LogP contribution in [0, 0.1) is 0 Å².